The molecule has 3 unspecified atom stereocenters. The van der Waals surface area contributed by atoms with Gasteiger partial charge >= 0.3 is 4.87 Å². The van der Waals surface area contributed by atoms with Gasteiger partial charge in [0.25, 0.3) is 0 Å². The topological polar surface area (TPSA) is 98.2 Å². The Morgan fingerprint density at radius 2 is 1.71 bits per heavy atom. The Kier molecular flexibility index (Phi) is 6.58. The second-order valence-electron chi connectivity index (χ2n) is 9.28. The number of amides is 3. The van der Waals surface area contributed by atoms with Crippen molar-refractivity contribution in [3.05, 3.63) is 74.7 Å². The number of hydrogen-bond acceptors (Lipinski definition) is 8. The van der Waals surface area contributed by atoms with Gasteiger partial charge in [-0.3, -0.25) is 23.7 Å². The SMILES string of the molecule is COc1ccc(N2C(=O)C3Sc4c(sc(=O)n4CC(=O)N4CCOCC4)C(c4ccccc4)C3C2=O)cc1. The molecule has 3 aromatic rings. The molecular formula is C27H25N3O6S2. The number of imide groups is 1. The minimum Gasteiger partial charge on any atom is -0.497 e. The maximum Gasteiger partial charge on any atom is 0.308 e. The van der Waals surface area contributed by atoms with Crippen LogP contribution in [0.2, 0.25) is 0 Å². The molecule has 0 spiro atoms. The van der Waals surface area contributed by atoms with Gasteiger partial charge in [0.05, 0.1) is 37.0 Å². The van der Waals surface area contributed by atoms with Crippen LogP contribution in [0.4, 0.5) is 5.69 Å². The summed E-state index contributed by atoms with van der Waals surface area (Å²) in [7, 11) is 1.55. The molecule has 4 heterocycles. The second-order valence-corrected chi connectivity index (χ2v) is 11.4. The smallest absolute Gasteiger partial charge is 0.308 e. The Hall–Kier alpha value is -3.41. The molecule has 2 aromatic carbocycles. The molecule has 0 aliphatic carbocycles. The van der Waals surface area contributed by atoms with Crippen LogP contribution in [0.1, 0.15) is 16.4 Å². The van der Waals surface area contributed by atoms with E-state index < -0.39 is 17.1 Å². The molecule has 2 fully saturated rings. The molecular weight excluding hydrogens is 526 g/mol. The fourth-order valence-corrected chi connectivity index (χ4v) is 8.08. The van der Waals surface area contributed by atoms with Crippen LogP contribution in [-0.4, -0.2) is 65.9 Å². The highest BCUT2D eigenvalue weighted by Gasteiger charge is 2.56. The highest BCUT2D eigenvalue weighted by Crippen LogP contribution is 2.53. The molecule has 6 rings (SSSR count). The molecule has 3 aliphatic rings. The molecule has 3 atom stereocenters. The van der Waals surface area contributed by atoms with Gasteiger partial charge in [-0.25, -0.2) is 4.90 Å². The fourth-order valence-electron chi connectivity index (χ4n) is 5.31. The Balaban J connectivity index is 1.41. The van der Waals surface area contributed by atoms with Gasteiger partial charge in [-0.15, -0.1) is 0 Å². The van der Waals surface area contributed by atoms with E-state index in [9.17, 15) is 19.2 Å². The summed E-state index contributed by atoms with van der Waals surface area (Å²) in [6, 6.07) is 16.3. The lowest BCUT2D eigenvalue weighted by Gasteiger charge is -2.31. The number of rotatable bonds is 5. The van der Waals surface area contributed by atoms with Crippen LogP contribution in [0.5, 0.6) is 5.75 Å². The van der Waals surface area contributed by atoms with Crippen LogP contribution in [0.3, 0.4) is 0 Å². The predicted octanol–water partition coefficient (Wildman–Crippen LogP) is 2.57. The van der Waals surface area contributed by atoms with Gasteiger partial charge < -0.3 is 14.4 Å². The number of benzene rings is 2. The summed E-state index contributed by atoms with van der Waals surface area (Å²) in [5.74, 6) is -1.32. The van der Waals surface area contributed by atoms with Gasteiger partial charge in [-0.05, 0) is 29.8 Å². The number of thioether (sulfide) groups is 1. The fraction of sp³-hybridized carbons (Fsp3) is 0.333. The third-order valence-electron chi connectivity index (χ3n) is 7.20. The van der Waals surface area contributed by atoms with Crippen molar-refractivity contribution in [1.82, 2.24) is 9.47 Å². The van der Waals surface area contributed by atoms with Crippen molar-refractivity contribution in [2.24, 2.45) is 5.92 Å². The van der Waals surface area contributed by atoms with E-state index in [1.165, 1.54) is 21.2 Å². The van der Waals surface area contributed by atoms with Crippen molar-refractivity contribution >= 4 is 46.5 Å². The summed E-state index contributed by atoms with van der Waals surface area (Å²) >= 11 is 2.28. The van der Waals surface area contributed by atoms with Crippen LogP contribution in [0, 0.1) is 5.92 Å². The Bertz CT molecular complexity index is 1450. The van der Waals surface area contributed by atoms with Gasteiger partial charge in [-0.1, -0.05) is 53.4 Å². The minimum absolute atomic E-state index is 0.110. The number of carbonyl (C=O) groups is 3. The summed E-state index contributed by atoms with van der Waals surface area (Å²) in [5.41, 5.74) is 1.33. The first-order valence-electron chi connectivity index (χ1n) is 12.3. The highest BCUT2D eigenvalue weighted by molar-refractivity contribution is 8.00. The molecule has 0 saturated carbocycles. The van der Waals surface area contributed by atoms with E-state index in [1.54, 1.807) is 36.3 Å². The van der Waals surface area contributed by atoms with Crippen LogP contribution in [0.15, 0.2) is 64.4 Å². The van der Waals surface area contributed by atoms with E-state index in [0.717, 1.165) is 21.8 Å². The maximum absolute atomic E-state index is 13.9. The zero-order chi connectivity index (χ0) is 26.4. The standard InChI is InChI=1S/C27H25N3O6S2/c1-35-18-9-7-17(8-10-18)30-24(32)21-20(16-5-3-2-4-6-16)23-26(37-22(21)25(30)33)29(27(34)38-23)15-19(31)28-11-13-36-14-12-28/h2-10,20-22H,11-15H2,1H3. The van der Waals surface area contributed by atoms with E-state index in [-0.39, 0.29) is 29.1 Å². The van der Waals surface area contributed by atoms with Crippen molar-refractivity contribution in [3.63, 3.8) is 0 Å². The first-order chi connectivity index (χ1) is 18.5. The number of anilines is 1. The van der Waals surface area contributed by atoms with E-state index in [4.69, 9.17) is 9.47 Å². The van der Waals surface area contributed by atoms with Crippen molar-refractivity contribution in [1.29, 1.82) is 0 Å². The first-order valence-corrected chi connectivity index (χ1v) is 14.0. The van der Waals surface area contributed by atoms with Crippen molar-refractivity contribution < 1.29 is 23.9 Å². The molecule has 196 valence electrons. The second kappa shape index (κ2) is 10.0. The van der Waals surface area contributed by atoms with E-state index in [0.29, 0.717) is 42.8 Å². The minimum atomic E-state index is -0.721. The Labute approximate surface area is 226 Å². The number of nitrogens with zero attached hydrogens (tertiary/aromatic N) is 3. The average molecular weight is 552 g/mol. The van der Waals surface area contributed by atoms with E-state index in [2.05, 4.69) is 0 Å². The Morgan fingerprint density at radius 1 is 1.00 bits per heavy atom. The number of morpholine rings is 1. The molecule has 0 radical (unpaired) electrons. The van der Waals surface area contributed by atoms with E-state index >= 15 is 0 Å². The molecule has 3 aliphatic heterocycles. The molecule has 38 heavy (non-hydrogen) atoms. The number of carbonyl (C=O) groups excluding carboxylic acids is 3. The molecule has 0 bridgehead atoms. The number of ether oxygens (including phenoxy) is 2. The number of fused-ring (bicyclic) bond motifs is 2. The van der Waals surface area contributed by atoms with Crippen molar-refractivity contribution in [2.75, 3.05) is 38.3 Å². The van der Waals surface area contributed by atoms with E-state index in [1.807, 2.05) is 30.3 Å². The number of hydrogen-bond donors (Lipinski definition) is 0. The summed E-state index contributed by atoms with van der Waals surface area (Å²) < 4.78 is 12.0. The van der Waals surface area contributed by atoms with Crippen LogP contribution in [0.25, 0.3) is 0 Å². The largest absolute Gasteiger partial charge is 0.497 e. The van der Waals surface area contributed by atoms with Crippen LogP contribution >= 0.6 is 23.1 Å². The molecule has 0 N–H and O–H groups in total. The van der Waals surface area contributed by atoms with Gasteiger partial charge in [0, 0.05) is 23.9 Å². The highest BCUT2D eigenvalue weighted by atomic mass is 32.2. The normalized spacial score (nSPS) is 22.8. The number of methoxy groups -OCH3 is 1. The van der Waals surface area contributed by atoms with Crippen LogP contribution < -0.4 is 14.5 Å². The van der Waals surface area contributed by atoms with Crippen molar-refractivity contribution in [2.45, 2.75) is 22.7 Å². The number of aromatic nitrogens is 1. The lowest BCUT2D eigenvalue weighted by atomic mass is 9.83. The first kappa shape index (κ1) is 24.9. The predicted molar refractivity (Wildman–Crippen MR) is 143 cm³/mol. The third kappa shape index (κ3) is 4.14. The molecule has 1 aromatic heterocycles. The van der Waals surface area contributed by atoms with Crippen LogP contribution in [-0.2, 0) is 25.7 Å². The van der Waals surface area contributed by atoms with Gasteiger partial charge in [0.15, 0.2) is 0 Å². The van der Waals surface area contributed by atoms with Gasteiger partial charge in [0.1, 0.15) is 17.5 Å². The summed E-state index contributed by atoms with van der Waals surface area (Å²) in [5, 5.41) is -0.129. The average Bonchev–Trinajstić information content (AvgIpc) is 3.40. The molecule has 3 amide bonds. The monoisotopic (exact) mass is 551 g/mol. The molecule has 9 nitrogen and oxygen atoms in total. The van der Waals surface area contributed by atoms with Gasteiger partial charge in [-0.2, -0.15) is 0 Å². The zero-order valence-corrected chi connectivity index (χ0v) is 22.2. The number of thiazole rings is 1. The molecule has 11 heteroatoms. The maximum atomic E-state index is 13.9. The van der Waals surface area contributed by atoms with Gasteiger partial charge in [0.2, 0.25) is 17.7 Å². The quantitative estimate of drug-likeness (QED) is 0.450. The lowest BCUT2D eigenvalue weighted by Crippen LogP contribution is -2.43. The summed E-state index contributed by atoms with van der Waals surface area (Å²) in [6.07, 6.45) is 0. The Morgan fingerprint density at radius 3 is 2.39 bits per heavy atom. The summed E-state index contributed by atoms with van der Waals surface area (Å²) in [6.45, 7) is 1.78. The summed E-state index contributed by atoms with van der Waals surface area (Å²) in [4.78, 5) is 57.3. The lowest BCUT2D eigenvalue weighted by molar-refractivity contribution is -0.136. The molecule has 2 saturated heterocycles. The van der Waals surface area contributed by atoms with Crippen molar-refractivity contribution in [3.8, 4) is 5.75 Å². The third-order valence-corrected chi connectivity index (χ3v) is 9.80. The zero-order valence-electron chi connectivity index (χ0n) is 20.6.